The zero-order valence-electron chi connectivity index (χ0n) is 19.7. The zero-order chi connectivity index (χ0) is 24.3. The van der Waals surface area contributed by atoms with E-state index in [0.29, 0.717) is 5.57 Å². The van der Waals surface area contributed by atoms with Gasteiger partial charge in [0.15, 0.2) is 23.2 Å². The molecule has 1 aliphatic heterocycles. The van der Waals surface area contributed by atoms with Gasteiger partial charge in [-0.2, -0.15) is 4.59 Å². The highest BCUT2D eigenvalue weighted by Crippen LogP contribution is 2.48. The number of hydrogen-bond donors (Lipinski definition) is 1. The Morgan fingerprint density at radius 1 is 0.657 bits per heavy atom. The van der Waals surface area contributed by atoms with Crippen LogP contribution in [0.25, 0.3) is 0 Å². The van der Waals surface area contributed by atoms with Crippen LogP contribution < -0.4 is 19.5 Å². The number of para-hydroxylation sites is 2. The molecule has 0 saturated heterocycles. The van der Waals surface area contributed by atoms with Crippen LogP contribution in [-0.4, -0.2) is 20.5 Å². The molecule has 0 atom stereocenters. The molecule has 4 aromatic rings. The minimum Gasteiger partial charge on any atom is -0.497 e. The molecular weight excluding hydrogens is 436 g/mol. The van der Waals surface area contributed by atoms with Gasteiger partial charge in [0.1, 0.15) is 17.7 Å². The molecule has 1 aliphatic rings. The normalized spacial score (nSPS) is 15.8. The molecular formula is C30H27N2O3+. The number of nitrogens with one attached hydrogen (secondary N) is 1. The fraction of sp³-hybridized carbons (Fsp3) is 0.100. The molecule has 0 aliphatic carbocycles. The highest BCUT2D eigenvalue weighted by atomic mass is 16.5. The molecule has 0 spiro atoms. The quantitative estimate of drug-likeness (QED) is 0.274. The van der Waals surface area contributed by atoms with E-state index in [1.807, 2.05) is 91.1 Å². The van der Waals surface area contributed by atoms with Gasteiger partial charge in [-0.25, -0.2) is 0 Å². The SMILES string of the molecule is COc1ccc(C2(c3ccc(OC)cc3)N[N+](c3ccccc3)(c3ccccc3)C=C2C=O)cc1. The highest BCUT2D eigenvalue weighted by Gasteiger charge is 2.54. The van der Waals surface area contributed by atoms with Crippen molar-refractivity contribution in [2.75, 3.05) is 14.2 Å². The van der Waals surface area contributed by atoms with Crippen molar-refractivity contribution in [3.05, 3.63) is 132 Å². The van der Waals surface area contributed by atoms with Crippen LogP contribution in [0, 0.1) is 0 Å². The van der Waals surface area contributed by atoms with E-state index in [1.165, 1.54) is 0 Å². The first-order chi connectivity index (χ1) is 17.2. The van der Waals surface area contributed by atoms with Crippen molar-refractivity contribution in [2.45, 2.75) is 5.54 Å². The molecule has 1 heterocycles. The van der Waals surface area contributed by atoms with Crippen LogP contribution in [0.2, 0.25) is 0 Å². The Morgan fingerprint density at radius 2 is 1.09 bits per heavy atom. The number of carbonyl (C=O) groups is 1. The van der Waals surface area contributed by atoms with Crippen molar-refractivity contribution >= 4 is 17.7 Å². The molecule has 5 heteroatoms. The van der Waals surface area contributed by atoms with Crippen LogP contribution in [0.1, 0.15) is 11.1 Å². The summed E-state index contributed by atoms with van der Waals surface area (Å²) >= 11 is 0. The second-order valence-electron chi connectivity index (χ2n) is 8.41. The lowest BCUT2D eigenvalue weighted by molar-refractivity contribution is -0.105. The summed E-state index contributed by atoms with van der Waals surface area (Å²) in [7, 11) is 3.29. The van der Waals surface area contributed by atoms with Crippen LogP contribution in [-0.2, 0) is 10.3 Å². The Morgan fingerprint density at radius 3 is 1.46 bits per heavy atom. The van der Waals surface area contributed by atoms with Gasteiger partial charge in [-0.3, -0.25) is 4.79 Å². The van der Waals surface area contributed by atoms with Gasteiger partial charge >= 0.3 is 0 Å². The second-order valence-corrected chi connectivity index (χ2v) is 8.41. The van der Waals surface area contributed by atoms with E-state index in [-0.39, 0.29) is 4.59 Å². The van der Waals surface area contributed by atoms with Gasteiger partial charge in [-0.1, -0.05) is 60.7 Å². The van der Waals surface area contributed by atoms with Gasteiger partial charge in [0, 0.05) is 24.3 Å². The summed E-state index contributed by atoms with van der Waals surface area (Å²) in [6.07, 6.45) is 2.96. The first-order valence-corrected chi connectivity index (χ1v) is 11.4. The van der Waals surface area contributed by atoms with Crippen LogP contribution in [0.3, 0.4) is 0 Å². The van der Waals surface area contributed by atoms with Gasteiger partial charge in [0.25, 0.3) is 0 Å². The van der Waals surface area contributed by atoms with E-state index in [9.17, 15) is 4.79 Å². The van der Waals surface area contributed by atoms with Crippen LogP contribution in [0.5, 0.6) is 11.5 Å². The third-order valence-electron chi connectivity index (χ3n) is 6.61. The summed E-state index contributed by atoms with van der Waals surface area (Å²) < 4.78 is 11.0. The van der Waals surface area contributed by atoms with Crippen molar-refractivity contribution in [3.63, 3.8) is 0 Å². The fourth-order valence-electron chi connectivity index (χ4n) is 4.85. The average molecular weight is 464 g/mol. The topological polar surface area (TPSA) is 47.6 Å². The summed E-state index contributed by atoms with van der Waals surface area (Å²) in [5.74, 6) is 1.50. The lowest BCUT2D eigenvalue weighted by atomic mass is 9.78. The molecule has 0 bridgehead atoms. The van der Waals surface area contributed by atoms with Crippen LogP contribution in [0.4, 0.5) is 11.4 Å². The summed E-state index contributed by atoms with van der Waals surface area (Å²) in [4.78, 5) is 12.8. The standard InChI is InChI=1S/C30H27N2O3/c1-34-28-17-13-23(14-18-28)30(24-15-19-29(35-2)20-16-24)25(22-33)21-32(31-30,26-9-5-3-6-10-26)27-11-7-4-8-12-27/h3-22,31H,1-2H3/q+1. The minimum atomic E-state index is -0.925. The van der Waals surface area contributed by atoms with Crippen molar-refractivity contribution in [1.82, 2.24) is 10.0 Å². The third kappa shape index (κ3) is 3.71. The summed E-state index contributed by atoms with van der Waals surface area (Å²) in [6.45, 7) is 0. The number of rotatable bonds is 7. The van der Waals surface area contributed by atoms with E-state index in [4.69, 9.17) is 9.47 Å². The predicted octanol–water partition coefficient (Wildman–Crippen LogP) is 5.89. The molecule has 0 amide bonds. The number of quaternary nitrogens is 1. The van der Waals surface area contributed by atoms with E-state index in [0.717, 1.165) is 40.3 Å². The lowest BCUT2D eigenvalue weighted by Gasteiger charge is -2.37. The molecule has 4 aromatic carbocycles. The van der Waals surface area contributed by atoms with Crippen molar-refractivity contribution in [2.24, 2.45) is 0 Å². The molecule has 174 valence electrons. The molecule has 0 aromatic heterocycles. The number of aldehydes is 1. The number of carbonyl (C=O) groups excluding carboxylic acids is 1. The highest BCUT2D eigenvalue weighted by molar-refractivity contribution is 5.84. The number of nitrogens with zero attached hydrogens (tertiary/aromatic N) is 1. The van der Waals surface area contributed by atoms with E-state index in [1.54, 1.807) is 14.2 Å². The predicted molar refractivity (Wildman–Crippen MR) is 138 cm³/mol. The molecule has 0 radical (unpaired) electrons. The zero-order valence-corrected chi connectivity index (χ0v) is 19.7. The number of benzene rings is 4. The van der Waals surface area contributed by atoms with E-state index in [2.05, 4.69) is 29.7 Å². The molecule has 0 fully saturated rings. The summed E-state index contributed by atoms with van der Waals surface area (Å²) in [6, 6.07) is 36.0. The van der Waals surface area contributed by atoms with Gasteiger partial charge in [-0.05, 0) is 35.4 Å². The molecule has 0 saturated carbocycles. The number of methoxy groups -OCH3 is 2. The fourth-order valence-corrected chi connectivity index (χ4v) is 4.85. The molecule has 35 heavy (non-hydrogen) atoms. The smallest absolute Gasteiger partial charge is 0.162 e. The Balaban J connectivity index is 1.80. The Hall–Kier alpha value is -4.19. The van der Waals surface area contributed by atoms with Crippen LogP contribution >= 0.6 is 0 Å². The second kappa shape index (κ2) is 9.22. The summed E-state index contributed by atoms with van der Waals surface area (Å²) in [5.41, 5.74) is 7.40. The van der Waals surface area contributed by atoms with E-state index < -0.39 is 5.54 Å². The van der Waals surface area contributed by atoms with Gasteiger partial charge in [0.2, 0.25) is 0 Å². The maximum atomic E-state index is 12.8. The molecule has 0 unspecified atom stereocenters. The average Bonchev–Trinajstić information content (AvgIpc) is 3.32. The molecule has 1 N–H and O–H groups in total. The molecule has 5 nitrogen and oxygen atoms in total. The number of hydrogen-bond acceptors (Lipinski definition) is 4. The first kappa shape index (κ1) is 22.6. The lowest BCUT2D eigenvalue weighted by Crippen LogP contribution is -2.56. The third-order valence-corrected chi connectivity index (χ3v) is 6.61. The first-order valence-electron chi connectivity index (χ1n) is 11.4. The number of ether oxygens (including phenoxy) is 2. The monoisotopic (exact) mass is 463 g/mol. The van der Waals surface area contributed by atoms with Crippen molar-refractivity contribution in [3.8, 4) is 11.5 Å². The summed E-state index contributed by atoms with van der Waals surface area (Å²) in [5, 5.41) is 0. The largest absolute Gasteiger partial charge is 0.497 e. The van der Waals surface area contributed by atoms with Gasteiger partial charge in [0.05, 0.1) is 19.8 Å². The van der Waals surface area contributed by atoms with Crippen LogP contribution in [0.15, 0.2) is 121 Å². The van der Waals surface area contributed by atoms with E-state index >= 15 is 0 Å². The Kier molecular flexibility index (Phi) is 5.95. The van der Waals surface area contributed by atoms with Crippen molar-refractivity contribution < 1.29 is 14.3 Å². The minimum absolute atomic E-state index is 0.174. The van der Waals surface area contributed by atoms with Gasteiger partial charge < -0.3 is 9.47 Å². The molecule has 5 rings (SSSR count). The Bertz CT molecular complexity index is 1250. The maximum absolute atomic E-state index is 12.8. The Labute approximate surface area is 205 Å². The van der Waals surface area contributed by atoms with Crippen molar-refractivity contribution in [1.29, 1.82) is 0 Å². The van der Waals surface area contributed by atoms with Gasteiger partial charge in [-0.15, -0.1) is 5.43 Å². The maximum Gasteiger partial charge on any atom is 0.162 e.